The van der Waals surface area contributed by atoms with Gasteiger partial charge >= 0.3 is 0 Å². The molecular weight excluding hydrogens is 222 g/mol. The van der Waals surface area contributed by atoms with Gasteiger partial charge in [0.05, 0.1) is 0 Å². The summed E-state index contributed by atoms with van der Waals surface area (Å²) in [5.74, 6) is 1.03. The number of fused-ring (bicyclic) bond motifs is 1. The Hall–Kier alpha value is -1.02. The fourth-order valence-corrected chi connectivity index (χ4v) is 2.62. The van der Waals surface area contributed by atoms with Gasteiger partial charge in [-0.1, -0.05) is 57.2 Å². The molecule has 2 N–H and O–H groups in total. The second kappa shape index (κ2) is 6.79. The van der Waals surface area contributed by atoms with Crippen LogP contribution in [-0.4, -0.2) is 12.1 Å². The smallest absolute Gasteiger partial charge is 0.123 e. The maximum atomic E-state index is 6.25. The average Bonchev–Trinajstić information content (AvgIpc) is 2.82. The van der Waals surface area contributed by atoms with Crippen LogP contribution >= 0.6 is 0 Å². The van der Waals surface area contributed by atoms with Crippen molar-refractivity contribution in [3.63, 3.8) is 0 Å². The molecule has 2 atom stereocenters. The summed E-state index contributed by atoms with van der Waals surface area (Å²) in [6.45, 7) is 2.25. The highest BCUT2D eigenvalue weighted by molar-refractivity contribution is 5.37. The van der Waals surface area contributed by atoms with Gasteiger partial charge in [-0.25, -0.2) is 0 Å². The molecule has 1 aliphatic heterocycles. The highest BCUT2D eigenvalue weighted by atomic mass is 16.5. The van der Waals surface area contributed by atoms with Crippen LogP contribution in [0.3, 0.4) is 0 Å². The summed E-state index contributed by atoms with van der Waals surface area (Å²) in [4.78, 5) is 0. The zero-order valence-corrected chi connectivity index (χ0v) is 11.4. The van der Waals surface area contributed by atoms with Crippen molar-refractivity contribution in [1.29, 1.82) is 0 Å². The van der Waals surface area contributed by atoms with Crippen LogP contribution in [0.4, 0.5) is 0 Å². The molecule has 0 fully saturated rings. The van der Waals surface area contributed by atoms with Gasteiger partial charge < -0.3 is 10.5 Å². The Balaban J connectivity index is 1.70. The van der Waals surface area contributed by atoms with E-state index in [2.05, 4.69) is 19.1 Å². The minimum atomic E-state index is 0.180. The number of hydrogen-bond acceptors (Lipinski definition) is 2. The lowest BCUT2D eigenvalue weighted by Gasteiger charge is -2.18. The molecule has 1 aromatic rings. The molecule has 1 heterocycles. The van der Waals surface area contributed by atoms with E-state index in [1.807, 2.05) is 12.1 Å². The van der Waals surface area contributed by atoms with Gasteiger partial charge in [0, 0.05) is 12.5 Å². The molecule has 2 unspecified atom stereocenters. The fourth-order valence-electron chi connectivity index (χ4n) is 2.62. The van der Waals surface area contributed by atoms with Crippen molar-refractivity contribution in [2.24, 2.45) is 5.73 Å². The third kappa shape index (κ3) is 3.49. The Morgan fingerprint density at radius 1 is 1.22 bits per heavy atom. The summed E-state index contributed by atoms with van der Waals surface area (Å²) in [5.41, 5.74) is 7.56. The van der Waals surface area contributed by atoms with E-state index < -0.39 is 0 Å². The van der Waals surface area contributed by atoms with Gasteiger partial charge in [-0.05, 0) is 18.1 Å². The molecule has 1 aromatic carbocycles. The molecule has 0 aromatic heterocycles. The Morgan fingerprint density at radius 3 is 2.78 bits per heavy atom. The SMILES string of the molecule is CCCCCCCC(N)C1Cc2ccccc2O1. The summed E-state index contributed by atoms with van der Waals surface area (Å²) in [6, 6.07) is 8.46. The van der Waals surface area contributed by atoms with E-state index >= 15 is 0 Å². The van der Waals surface area contributed by atoms with Crippen LogP contribution in [0.1, 0.15) is 51.0 Å². The highest BCUT2D eigenvalue weighted by Crippen LogP contribution is 2.30. The van der Waals surface area contributed by atoms with Crippen LogP contribution in [0.5, 0.6) is 5.75 Å². The van der Waals surface area contributed by atoms with E-state index in [0.29, 0.717) is 0 Å². The number of rotatable bonds is 7. The van der Waals surface area contributed by atoms with Crippen molar-refractivity contribution in [2.75, 3.05) is 0 Å². The quantitative estimate of drug-likeness (QED) is 0.746. The summed E-state index contributed by atoms with van der Waals surface area (Å²) in [5, 5.41) is 0. The second-order valence-corrected chi connectivity index (χ2v) is 5.33. The molecule has 18 heavy (non-hydrogen) atoms. The lowest BCUT2D eigenvalue weighted by Crippen LogP contribution is -2.37. The number of hydrogen-bond donors (Lipinski definition) is 1. The minimum absolute atomic E-state index is 0.180. The summed E-state index contributed by atoms with van der Waals surface area (Å²) in [7, 11) is 0. The van der Waals surface area contributed by atoms with Crippen molar-refractivity contribution in [3.05, 3.63) is 29.8 Å². The first-order valence-corrected chi connectivity index (χ1v) is 7.31. The normalized spacial score (nSPS) is 19.3. The van der Waals surface area contributed by atoms with Crippen molar-refractivity contribution < 1.29 is 4.74 Å². The van der Waals surface area contributed by atoms with E-state index in [0.717, 1.165) is 18.6 Å². The molecule has 2 rings (SSSR count). The molecule has 2 nitrogen and oxygen atoms in total. The Morgan fingerprint density at radius 2 is 2.00 bits per heavy atom. The number of ether oxygens (including phenoxy) is 1. The first-order valence-electron chi connectivity index (χ1n) is 7.31. The molecule has 100 valence electrons. The van der Waals surface area contributed by atoms with Crippen LogP contribution in [0.2, 0.25) is 0 Å². The number of unbranched alkanes of at least 4 members (excludes halogenated alkanes) is 4. The van der Waals surface area contributed by atoms with E-state index in [-0.39, 0.29) is 12.1 Å². The first kappa shape index (κ1) is 13.4. The molecule has 1 aliphatic rings. The average molecular weight is 247 g/mol. The third-order valence-corrected chi connectivity index (χ3v) is 3.79. The topological polar surface area (TPSA) is 35.2 Å². The molecule has 0 spiro atoms. The third-order valence-electron chi connectivity index (χ3n) is 3.79. The van der Waals surface area contributed by atoms with Crippen LogP contribution in [0, 0.1) is 0 Å². The Kier molecular flexibility index (Phi) is 5.06. The molecule has 2 heteroatoms. The summed E-state index contributed by atoms with van der Waals surface area (Å²) < 4.78 is 5.92. The van der Waals surface area contributed by atoms with E-state index in [4.69, 9.17) is 10.5 Å². The van der Waals surface area contributed by atoms with Crippen molar-refractivity contribution in [1.82, 2.24) is 0 Å². The molecular formula is C16H25NO. The number of para-hydroxylation sites is 1. The van der Waals surface area contributed by atoms with Crippen LogP contribution in [-0.2, 0) is 6.42 Å². The van der Waals surface area contributed by atoms with Crippen molar-refractivity contribution in [2.45, 2.75) is 64.0 Å². The van der Waals surface area contributed by atoms with Gasteiger partial charge in [0.2, 0.25) is 0 Å². The molecule has 0 bridgehead atoms. The van der Waals surface area contributed by atoms with Gasteiger partial charge in [0.15, 0.2) is 0 Å². The standard InChI is InChI=1S/C16H25NO/c1-2-3-4-5-6-10-14(17)16-12-13-9-7-8-11-15(13)18-16/h7-9,11,14,16H,2-6,10,12,17H2,1H3. The number of benzene rings is 1. The zero-order chi connectivity index (χ0) is 12.8. The lowest BCUT2D eigenvalue weighted by atomic mass is 9.99. The Labute approximate surface area is 111 Å². The zero-order valence-electron chi connectivity index (χ0n) is 11.4. The molecule has 0 saturated heterocycles. The maximum Gasteiger partial charge on any atom is 0.123 e. The number of nitrogens with two attached hydrogens (primary N) is 1. The van der Waals surface area contributed by atoms with Gasteiger partial charge in [0.25, 0.3) is 0 Å². The second-order valence-electron chi connectivity index (χ2n) is 5.33. The van der Waals surface area contributed by atoms with Gasteiger partial charge in [-0.15, -0.1) is 0 Å². The van der Waals surface area contributed by atoms with Gasteiger partial charge in [-0.3, -0.25) is 0 Å². The molecule has 0 saturated carbocycles. The van der Waals surface area contributed by atoms with Crippen LogP contribution < -0.4 is 10.5 Å². The van der Waals surface area contributed by atoms with Gasteiger partial charge in [0.1, 0.15) is 11.9 Å². The molecule has 0 amide bonds. The van der Waals surface area contributed by atoms with Gasteiger partial charge in [-0.2, -0.15) is 0 Å². The highest BCUT2D eigenvalue weighted by Gasteiger charge is 2.27. The minimum Gasteiger partial charge on any atom is -0.488 e. The monoisotopic (exact) mass is 247 g/mol. The predicted molar refractivity (Wildman–Crippen MR) is 75.9 cm³/mol. The van der Waals surface area contributed by atoms with E-state index in [1.165, 1.54) is 37.7 Å². The van der Waals surface area contributed by atoms with E-state index in [1.54, 1.807) is 0 Å². The summed E-state index contributed by atoms with van der Waals surface area (Å²) >= 11 is 0. The lowest BCUT2D eigenvalue weighted by molar-refractivity contribution is 0.191. The maximum absolute atomic E-state index is 6.25. The molecule has 0 aliphatic carbocycles. The van der Waals surface area contributed by atoms with E-state index in [9.17, 15) is 0 Å². The summed E-state index contributed by atoms with van der Waals surface area (Å²) in [6.07, 6.45) is 8.78. The predicted octanol–water partition coefficient (Wildman–Crippen LogP) is 3.68. The Bertz CT molecular complexity index is 339. The first-order chi connectivity index (χ1) is 8.81. The largest absolute Gasteiger partial charge is 0.488 e. The fraction of sp³-hybridized carbons (Fsp3) is 0.625. The molecule has 0 radical (unpaired) electrons. The van der Waals surface area contributed by atoms with Crippen molar-refractivity contribution >= 4 is 0 Å². The van der Waals surface area contributed by atoms with Crippen LogP contribution in [0.25, 0.3) is 0 Å². The van der Waals surface area contributed by atoms with Crippen LogP contribution in [0.15, 0.2) is 24.3 Å². The van der Waals surface area contributed by atoms with Crippen molar-refractivity contribution in [3.8, 4) is 5.75 Å².